The minimum atomic E-state index is -0.960. The molecule has 2 rings (SSSR count). The third kappa shape index (κ3) is 3.51. The van der Waals surface area contributed by atoms with E-state index >= 15 is 0 Å². The first-order chi connectivity index (χ1) is 9.55. The Labute approximate surface area is 125 Å². The molecule has 0 spiro atoms. The number of rotatable bonds is 4. The average Bonchev–Trinajstić information content (AvgIpc) is 2.42. The highest BCUT2D eigenvalue weighted by molar-refractivity contribution is 5.92. The SMILES string of the molecule is COc1cc2nc(F)nc(NNC(N)=O)c2cc1OC.Cl. The highest BCUT2D eigenvalue weighted by Gasteiger charge is 2.13. The number of hydrazine groups is 1. The molecular weight excluding hydrogens is 305 g/mol. The molecular formula is C11H13ClFN5O3. The fourth-order valence-electron chi connectivity index (χ4n) is 1.64. The Hall–Kier alpha value is -2.55. The molecule has 2 aromatic rings. The van der Waals surface area contributed by atoms with E-state index < -0.39 is 12.1 Å². The van der Waals surface area contributed by atoms with Gasteiger partial charge in [0.15, 0.2) is 17.3 Å². The van der Waals surface area contributed by atoms with E-state index in [2.05, 4.69) is 20.8 Å². The quantitative estimate of drug-likeness (QED) is 0.577. The Balaban J connectivity index is 0.00000220. The maximum Gasteiger partial charge on any atom is 0.330 e. The maximum absolute atomic E-state index is 13.4. The van der Waals surface area contributed by atoms with Gasteiger partial charge in [-0.2, -0.15) is 9.37 Å². The standard InChI is InChI=1S/C11H12FN5O3.ClH/c1-19-7-3-5-6(4-8(7)20-2)14-10(12)15-9(5)16-17-11(13)18;/h3-4H,1-2H3,(H3,13,17,18)(H,14,15,16);1H. The molecule has 4 N–H and O–H groups in total. The van der Waals surface area contributed by atoms with Crippen molar-refractivity contribution in [2.45, 2.75) is 0 Å². The van der Waals surface area contributed by atoms with Crippen molar-refractivity contribution < 1.29 is 18.7 Å². The van der Waals surface area contributed by atoms with Gasteiger partial charge in [-0.25, -0.2) is 9.78 Å². The zero-order valence-corrected chi connectivity index (χ0v) is 12.0. The van der Waals surface area contributed by atoms with E-state index in [-0.39, 0.29) is 23.7 Å². The van der Waals surface area contributed by atoms with Crippen LogP contribution in [0.25, 0.3) is 10.9 Å². The second-order valence-corrected chi connectivity index (χ2v) is 3.68. The minimum Gasteiger partial charge on any atom is -0.493 e. The summed E-state index contributed by atoms with van der Waals surface area (Å²) in [6.07, 6.45) is -0.960. The van der Waals surface area contributed by atoms with Crippen LogP contribution in [0.1, 0.15) is 0 Å². The molecule has 114 valence electrons. The summed E-state index contributed by atoms with van der Waals surface area (Å²) in [5.74, 6) is 0.858. The number of ether oxygens (including phenoxy) is 2. The molecule has 0 bridgehead atoms. The van der Waals surface area contributed by atoms with Crippen LogP contribution < -0.4 is 26.1 Å². The van der Waals surface area contributed by atoms with Crippen LogP contribution in [-0.4, -0.2) is 30.2 Å². The molecule has 8 nitrogen and oxygen atoms in total. The summed E-state index contributed by atoms with van der Waals surface area (Å²) in [5, 5.41) is 0.429. The van der Waals surface area contributed by atoms with Crippen LogP contribution in [0.3, 0.4) is 0 Å². The van der Waals surface area contributed by atoms with E-state index in [0.717, 1.165) is 0 Å². The van der Waals surface area contributed by atoms with Crippen LogP contribution in [0, 0.1) is 6.08 Å². The van der Waals surface area contributed by atoms with E-state index in [0.29, 0.717) is 16.9 Å². The summed E-state index contributed by atoms with van der Waals surface area (Å²) < 4.78 is 23.6. The number of nitrogens with zero attached hydrogens (tertiary/aromatic N) is 2. The first-order valence-electron chi connectivity index (χ1n) is 5.46. The van der Waals surface area contributed by atoms with Gasteiger partial charge in [0.1, 0.15) is 0 Å². The van der Waals surface area contributed by atoms with Crippen LogP contribution >= 0.6 is 12.4 Å². The lowest BCUT2D eigenvalue weighted by atomic mass is 10.2. The fourth-order valence-corrected chi connectivity index (χ4v) is 1.64. The van der Waals surface area contributed by atoms with Crippen molar-refractivity contribution in [2.24, 2.45) is 5.73 Å². The van der Waals surface area contributed by atoms with Crippen LogP contribution in [0.5, 0.6) is 11.5 Å². The van der Waals surface area contributed by atoms with Crippen molar-refractivity contribution in [1.82, 2.24) is 15.4 Å². The number of hydrogen-bond acceptors (Lipinski definition) is 6. The Bertz CT molecular complexity index is 670. The minimum absolute atomic E-state index is 0. The number of aromatic nitrogens is 2. The number of carbonyl (C=O) groups is 1. The van der Waals surface area contributed by atoms with E-state index in [1.165, 1.54) is 20.3 Å². The van der Waals surface area contributed by atoms with Crippen LogP contribution in [0.4, 0.5) is 15.0 Å². The molecule has 1 heterocycles. The average molecular weight is 318 g/mol. The fraction of sp³-hybridized carbons (Fsp3) is 0.182. The lowest BCUT2D eigenvalue weighted by molar-refractivity contribution is 0.250. The number of urea groups is 1. The second-order valence-electron chi connectivity index (χ2n) is 3.68. The van der Waals surface area contributed by atoms with Gasteiger partial charge < -0.3 is 15.2 Å². The van der Waals surface area contributed by atoms with Gasteiger partial charge >= 0.3 is 12.1 Å². The van der Waals surface area contributed by atoms with E-state index in [4.69, 9.17) is 15.2 Å². The van der Waals surface area contributed by atoms with Gasteiger partial charge in [0.2, 0.25) is 0 Å². The lowest BCUT2D eigenvalue weighted by Gasteiger charge is -2.12. The number of anilines is 1. The number of hydrogen-bond donors (Lipinski definition) is 3. The number of methoxy groups -OCH3 is 2. The van der Waals surface area contributed by atoms with Gasteiger partial charge in [0, 0.05) is 11.5 Å². The Morgan fingerprint density at radius 3 is 2.43 bits per heavy atom. The van der Waals surface area contributed by atoms with Crippen molar-refractivity contribution in [3.63, 3.8) is 0 Å². The van der Waals surface area contributed by atoms with Crippen LogP contribution in [0.2, 0.25) is 0 Å². The number of nitrogens with two attached hydrogens (primary N) is 1. The summed E-state index contributed by atoms with van der Waals surface area (Å²) in [6, 6.07) is 2.21. The molecule has 1 aromatic carbocycles. The third-order valence-corrected chi connectivity index (χ3v) is 2.48. The smallest absolute Gasteiger partial charge is 0.330 e. The highest BCUT2D eigenvalue weighted by atomic mass is 35.5. The van der Waals surface area contributed by atoms with Gasteiger partial charge in [-0.05, 0) is 6.07 Å². The molecule has 0 aliphatic carbocycles. The lowest BCUT2D eigenvalue weighted by Crippen LogP contribution is -2.34. The highest BCUT2D eigenvalue weighted by Crippen LogP contribution is 2.33. The van der Waals surface area contributed by atoms with E-state index in [1.807, 2.05) is 0 Å². The van der Waals surface area contributed by atoms with E-state index in [1.54, 1.807) is 6.07 Å². The molecule has 0 saturated carbocycles. The summed E-state index contributed by atoms with van der Waals surface area (Å²) >= 11 is 0. The molecule has 0 saturated heterocycles. The number of fused-ring (bicyclic) bond motifs is 1. The monoisotopic (exact) mass is 317 g/mol. The number of nitrogens with one attached hydrogen (secondary N) is 2. The van der Waals surface area contributed by atoms with Gasteiger partial charge in [-0.15, -0.1) is 12.4 Å². The number of amides is 2. The molecule has 0 aliphatic heterocycles. The maximum atomic E-state index is 13.4. The van der Waals surface area contributed by atoms with Crippen molar-refractivity contribution in [3.8, 4) is 11.5 Å². The van der Waals surface area contributed by atoms with Crippen molar-refractivity contribution in [1.29, 1.82) is 0 Å². The number of carbonyl (C=O) groups excluding carboxylic acids is 1. The largest absolute Gasteiger partial charge is 0.493 e. The topological polar surface area (TPSA) is 111 Å². The van der Waals surface area contributed by atoms with Crippen LogP contribution in [-0.2, 0) is 0 Å². The zero-order chi connectivity index (χ0) is 14.7. The van der Waals surface area contributed by atoms with Crippen LogP contribution in [0.15, 0.2) is 12.1 Å². The molecule has 10 heteroatoms. The molecule has 2 amide bonds. The van der Waals surface area contributed by atoms with Crippen molar-refractivity contribution in [3.05, 3.63) is 18.2 Å². The summed E-state index contributed by atoms with van der Waals surface area (Å²) in [6.45, 7) is 0. The molecule has 0 unspecified atom stereocenters. The molecule has 1 aromatic heterocycles. The first-order valence-corrected chi connectivity index (χ1v) is 5.46. The zero-order valence-electron chi connectivity index (χ0n) is 11.1. The molecule has 0 aliphatic rings. The second kappa shape index (κ2) is 6.75. The van der Waals surface area contributed by atoms with Crippen molar-refractivity contribution >= 4 is 35.2 Å². The molecule has 0 atom stereocenters. The first kappa shape index (κ1) is 16.5. The Morgan fingerprint density at radius 2 is 1.86 bits per heavy atom. The molecule has 0 fully saturated rings. The van der Waals surface area contributed by atoms with Crippen molar-refractivity contribution in [2.75, 3.05) is 19.6 Å². The van der Waals surface area contributed by atoms with Gasteiger partial charge in [0.25, 0.3) is 0 Å². The van der Waals surface area contributed by atoms with Gasteiger partial charge in [-0.1, -0.05) is 0 Å². The number of halogens is 2. The summed E-state index contributed by atoms with van der Waals surface area (Å²) in [5.41, 5.74) is 9.72. The van der Waals surface area contributed by atoms with Gasteiger partial charge in [-0.3, -0.25) is 10.9 Å². The Morgan fingerprint density at radius 1 is 1.24 bits per heavy atom. The van der Waals surface area contributed by atoms with E-state index in [9.17, 15) is 9.18 Å². The predicted octanol–water partition coefficient (Wildman–Crippen LogP) is 1.20. The summed E-state index contributed by atoms with van der Waals surface area (Å²) in [4.78, 5) is 17.9. The third-order valence-electron chi connectivity index (χ3n) is 2.48. The predicted molar refractivity (Wildman–Crippen MR) is 76.2 cm³/mol. The molecule has 21 heavy (non-hydrogen) atoms. The normalized spacial score (nSPS) is 9.67. The number of benzene rings is 1. The summed E-state index contributed by atoms with van der Waals surface area (Å²) in [7, 11) is 2.91. The number of primary amides is 1. The molecule has 0 radical (unpaired) electrons. The Kier molecular flexibility index (Phi) is 5.30. The van der Waals surface area contributed by atoms with Gasteiger partial charge in [0.05, 0.1) is 19.7 Å².